The maximum Gasteiger partial charge on any atom is 0.236 e. The fourth-order valence-electron chi connectivity index (χ4n) is 2.88. The Labute approximate surface area is 133 Å². The highest BCUT2D eigenvalue weighted by atomic mass is 16.5. The Balaban J connectivity index is 1.98. The maximum absolute atomic E-state index is 12.4. The number of hydrogen-bond donors (Lipinski definition) is 0. The molecule has 1 saturated heterocycles. The highest BCUT2D eigenvalue weighted by Gasteiger charge is 2.22. The highest BCUT2D eigenvalue weighted by Crippen LogP contribution is 2.15. The van der Waals surface area contributed by atoms with Gasteiger partial charge in [-0.15, -0.1) is 0 Å². The smallest absolute Gasteiger partial charge is 0.236 e. The molecular formula is C17H27N3O2. The van der Waals surface area contributed by atoms with Crippen molar-refractivity contribution in [3.8, 4) is 0 Å². The van der Waals surface area contributed by atoms with E-state index in [1.54, 1.807) is 6.20 Å². The van der Waals surface area contributed by atoms with Crippen LogP contribution >= 0.6 is 0 Å². The van der Waals surface area contributed by atoms with E-state index in [0.717, 1.165) is 51.2 Å². The Morgan fingerprint density at radius 3 is 2.82 bits per heavy atom. The molecule has 0 aliphatic carbocycles. The minimum atomic E-state index is 0.187. The summed E-state index contributed by atoms with van der Waals surface area (Å²) in [6, 6.07) is 3.99. The summed E-state index contributed by atoms with van der Waals surface area (Å²) in [5.41, 5.74) is 1.13. The molecule has 1 fully saturated rings. The van der Waals surface area contributed by atoms with Gasteiger partial charge in [0.25, 0.3) is 0 Å². The van der Waals surface area contributed by atoms with Gasteiger partial charge >= 0.3 is 0 Å². The van der Waals surface area contributed by atoms with Crippen LogP contribution in [0, 0.1) is 0 Å². The average Bonchev–Trinajstić information content (AvgIpc) is 3.02. The van der Waals surface area contributed by atoms with E-state index in [1.807, 2.05) is 31.0 Å². The molecule has 1 amide bonds. The lowest BCUT2D eigenvalue weighted by atomic mass is 10.2. The molecule has 1 aliphatic heterocycles. The van der Waals surface area contributed by atoms with Crippen molar-refractivity contribution in [3.63, 3.8) is 0 Å². The zero-order valence-corrected chi connectivity index (χ0v) is 13.7. The highest BCUT2D eigenvalue weighted by molar-refractivity contribution is 5.78. The van der Waals surface area contributed by atoms with E-state index >= 15 is 0 Å². The molecule has 1 atom stereocenters. The van der Waals surface area contributed by atoms with Crippen LogP contribution in [-0.2, 0) is 16.1 Å². The number of amides is 1. The minimum Gasteiger partial charge on any atom is -0.377 e. The predicted molar refractivity (Wildman–Crippen MR) is 86.4 cm³/mol. The Kier molecular flexibility index (Phi) is 6.80. The van der Waals surface area contributed by atoms with Gasteiger partial charge in [-0.3, -0.25) is 14.7 Å². The number of carbonyl (C=O) groups excluding carboxylic acids is 1. The summed E-state index contributed by atoms with van der Waals surface area (Å²) in [5, 5.41) is 0. The third-order valence-electron chi connectivity index (χ3n) is 4.09. The summed E-state index contributed by atoms with van der Waals surface area (Å²) >= 11 is 0. The summed E-state index contributed by atoms with van der Waals surface area (Å²) in [4.78, 5) is 20.6. The van der Waals surface area contributed by atoms with Crippen LogP contribution in [0.2, 0.25) is 0 Å². The fourth-order valence-corrected chi connectivity index (χ4v) is 2.88. The Bertz CT molecular complexity index is 442. The van der Waals surface area contributed by atoms with Gasteiger partial charge in [0.2, 0.25) is 5.91 Å². The van der Waals surface area contributed by atoms with Crippen molar-refractivity contribution in [1.82, 2.24) is 14.8 Å². The number of nitrogens with zero attached hydrogens (tertiary/aromatic N) is 3. The number of rotatable bonds is 8. The van der Waals surface area contributed by atoms with E-state index in [1.165, 1.54) is 0 Å². The van der Waals surface area contributed by atoms with Crippen LogP contribution in [0.1, 0.15) is 32.3 Å². The SMILES string of the molecule is CCN(CC)C(=O)CN(Cc1cccnc1)CC1CCCO1. The zero-order chi connectivity index (χ0) is 15.8. The van der Waals surface area contributed by atoms with Gasteiger partial charge in [0.15, 0.2) is 0 Å². The molecule has 22 heavy (non-hydrogen) atoms. The van der Waals surface area contributed by atoms with Gasteiger partial charge in [-0.1, -0.05) is 6.07 Å². The standard InChI is InChI=1S/C17H27N3O2/c1-3-20(4-2)17(21)14-19(13-16-8-6-10-22-16)12-15-7-5-9-18-11-15/h5,7,9,11,16H,3-4,6,8,10,12-14H2,1-2H3. The lowest BCUT2D eigenvalue weighted by Gasteiger charge is -2.27. The molecule has 5 heteroatoms. The molecule has 1 aromatic rings. The van der Waals surface area contributed by atoms with Crippen molar-refractivity contribution in [2.24, 2.45) is 0 Å². The average molecular weight is 305 g/mol. The number of pyridine rings is 1. The number of aromatic nitrogens is 1. The molecule has 0 spiro atoms. The van der Waals surface area contributed by atoms with Crippen LogP contribution < -0.4 is 0 Å². The Hall–Kier alpha value is -1.46. The normalized spacial score (nSPS) is 17.9. The van der Waals surface area contributed by atoms with E-state index in [2.05, 4.69) is 16.0 Å². The molecule has 1 unspecified atom stereocenters. The van der Waals surface area contributed by atoms with Gasteiger partial charge in [0, 0.05) is 45.2 Å². The molecule has 1 aliphatic rings. The van der Waals surface area contributed by atoms with E-state index < -0.39 is 0 Å². The lowest BCUT2D eigenvalue weighted by Crippen LogP contribution is -2.42. The number of ether oxygens (including phenoxy) is 1. The van der Waals surface area contributed by atoms with Crippen LogP contribution in [0.15, 0.2) is 24.5 Å². The Morgan fingerprint density at radius 1 is 1.41 bits per heavy atom. The summed E-state index contributed by atoms with van der Waals surface area (Å²) in [7, 11) is 0. The van der Waals surface area contributed by atoms with Gasteiger partial charge < -0.3 is 9.64 Å². The Morgan fingerprint density at radius 2 is 2.23 bits per heavy atom. The lowest BCUT2D eigenvalue weighted by molar-refractivity contribution is -0.132. The van der Waals surface area contributed by atoms with Crippen LogP contribution in [0.4, 0.5) is 0 Å². The van der Waals surface area contributed by atoms with E-state index in [0.29, 0.717) is 6.54 Å². The summed E-state index contributed by atoms with van der Waals surface area (Å²) in [6.07, 6.45) is 6.10. The molecule has 0 saturated carbocycles. The molecule has 0 aromatic carbocycles. The molecule has 2 rings (SSSR count). The van der Waals surface area contributed by atoms with Gasteiger partial charge in [-0.05, 0) is 38.3 Å². The van der Waals surface area contributed by atoms with Crippen molar-refractivity contribution in [1.29, 1.82) is 0 Å². The first kappa shape index (κ1) is 16.9. The minimum absolute atomic E-state index is 0.187. The van der Waals surface area contributed by atoms with Crippen LogP contribution in [0.25, 0.3) is 0 Å². The monoisotopic (exact) mass is 305 g/mol. The number of likely N-dealkylation sites (N-methyl/N-ethyl adjacent to an activating group) is 1. The molecule has 0 radical (unpaired) electrons. The maximum atomic E-state index is 12.4. The first-order valence-electron chi connectivity index (χ1n) is 8.23. The molecular weight excluding hydrogens is 278 g/mol. The van der Waals surface area contributed by atoms with E-state index in [9.17, 15) is 4.79 Å². The van der Waals surface area contributed by atoms with Gasteiger partial charge in [-0.25, -0.2) is 0 Å². The molecule has 1 aromatic heterocycles. The van der Waals surface area contributed by atoms with Gasteiger partial charge in [0.1, 0.15) is 0 Å². The van der Waals surface area contributed by atoms with Crippen molar-refractivity contribution in [3.05, 3.63) is 30.1 Å². The molecule has 5 nitrogen and oxygen atoms in total. The third kappa shape index (κ3) is 5.07. The quantitative estimate of drug-likeness (QED) is 0.736. The summed E-state index contributed by atoms with van der Waals surface area (Å²) < 4.78 is 5.73. The van der Waals surface area contributed by atoms with Gasteiger partial charge in [0.05, 0.1) is 12.6 Å². The van der Waals surface area contributed by atoms with Crippen LogP contribution in [0.5, 0.6) is 0 Å². The first-order valence-corrected chi connectivity index (χ1v) is 8.23. The molecule has 0 N–H and O–H groups in total. The van der Waals surface area contributed by atoms with E-state index in [-0.39, 0.29) is 12.0 Å². The summed E-state index contributed by atoms with van der Waals surface area (Å²) in [5.74, 6) is 0.187. The second-order valence-corrected chi connectivity index (χ2v) is 5.73. The zero-order valence-electron chi connectivity index (χ0n) is 13.7. The summed E-state index contributed by atoms with van der Waals surface area (Å²) in [6.45, 7) is 8.39. The molecule has 0 bridgehead atoms. The topological polar surface area (TPSA) is 45.7 Å². The first-order chi connectivity index (χ1) is 10.7. The number of carbonyl (C=O) groups is 1. The second kappa shape index (κ2) is 8.86. The number of hydrogen-bond acceptors (Lipinski definition) is 4. The fraction of sp³-hybridized carbons (Fsp3) is 0.647. The van der Waals surface area contributed by atoms with Crippen molar-refractivity contribution >= 4 is 5.91 Å². The largest absolute Gasteiger partial charge is 0.377 e. The van der Waals surface area contributed by atoms with Crippen LogP contribution in [0.3, 0.4) is 0 Å². The van der Waals surface area contributed by atoms with Gasteiger partial charge in [-0.2, -0.15) is 0 Å². The van der Waals surface area contributed by atoms with Crippen molar-refractivity contribution in [2.45, 2.75) is 39.3 Å². The van der Waals surface area contributed by atoms with Crippen LogP contribution in [-0.4, -0.2) is 59.6 Å². The third-order valence-corrected chi connectivity index (χ3v) is 4.09. The predicted octanol–water partition coefficient (Wildman–Crippen LogP) is 1.93. The van der Waals surface area contributed by atoms with Crippen molar-refractivity contribution < 1.29 is 9.53 Å². The molecule has 2 heterocycles. The molecule has 122 valence electrons. The second-order valence-electron chi connectivity index (χ2n) is 5.73. The van der Waals surface area contributed by atoms with Crippen molar-refractivity contribution in [2.75, 3.05) is 32.8 Å². The van der Waals surface area contributed by atoms with E-state index in [4.69, 9.17) is 4.74 Å².